The number of nitrogens with zero attached hydrogens (tertiary/aromatic N) is 2. The second-order valence-corrected chi connectivity index (χ2v) is 8.23. The SMILES string of the molecule is COc1ccc2c(c1)CCC(CC(=O)N1CCC[C@@H]1C(=O)N1CCCC1)C2. The number of rotatable bonds is 4. The van der Waals surface area contributed by atoms with Crippen LogP contribution in [0, 0.1) is 5.92 Å². The van der Waals surface area contributed by atoms with Crippen molar-refractivity contribution in [1.82, 2.24) is 9.80 Å². The highest BCUT2D eigenvalue weighted by atomic mass is 16.5. The number of fused-ring (bicyclic) bond motifs is 1. The Morgan fingerprint density at radius 1 is 1.07 bits per heavy atom. The van der Waals surface area contributed by atoms with E-state index in [0.29, 0.717) is 12.3 Å². The molecule has 1 unspecified atom stereocenters. The molecule has 0 N–H and O–H groups in total. The van der Waals surface area contributed by atoms with E-state index >= 15 is 0 Å². The summed E-state index contributed by atoms with van der Waals surface area (Å²) in [5.41, 5.74) is 2.69. The van der Waals surface area contributed by atoms with E-state index in [2.05, 4.69) is 12.1 Å². The zero-order valence-electron chi connectivity index (χ0n) is 16.3. The van der Waals surface area contributed by atoms with Crippen LogP contribution in [0.3, 0.4) is 0 Å². The molecule has 2 fully saturated rings. The predicted octanol–water partition coefficient (Wildman–Crippen LogP) is 2.80. The molecule has 146 valence electrons. The maximum absolute atomic E-state index is 13.0. The number of methoxy groups -OCH3 is 1. The predicted molar refractivity (Wildman–Crippen MR) is 104 cm³/mol. The summed E-state index contributed by atoms with van der Waals surface area (Å²) in [6, 6.07) is 6.06. The highest BCUT2D eigenvalue weighted by molar-refractivity contribution is 5.88. The molecule has 27 heavy (non-hydrogen) atoms. The van der Waals surface area contributed by atoms with Crippen molar-refractivity contribution in [3.63, 3.8) is 0 Å². The molecule has 2 heterocycles. The van der Waals surface area contributed by atoms with Gasteiger partial charge in [-0.2, -0.15) is 0 Å². The molecule has 0 radical (unpaired) electrons. The summed E-state index contributed by atoms with van der Waals surface area (Å²) in [6.07, 6.45) is 7.51. The van der Waals surface area contributed by atoms with E-state index < -0.39 is 0 Å². The largest absolute Gasteiger partial charge is 0.497 e. The zero-order chi connectivity index (χ0) is 18.8. The van der Waals surface area contributed by atoms with Crippen molar-refractivity contribution in [3.8, 4) is 5.75 Å². The minimum Gasteiger partial charge on any atom is -0.497 e. The van der Waals surface area contributed by atoms with Gasteiger partial charge >= 0.3 is 0 Å². The molecule has 5 nitrogen and oxygen atoms in total. The maximum atomic E-state index is 13.0. The summed E-state index contributed by atoms with van der Waals surface area (Å²) < 4.78 is 5.32. The van der Waals surface area contributed by atoms with E-state index in [4.69, 9.17) is 4.74 Å². The van der Waals surface area contributed by atoms with Crippen LogP contribution < -0.4 is 4.74 Å². The van der Waals surface area contributed by atoms with E-state index in [-0.39, 0.29) is 17.9 Å². The van der Waals surface area contributed by atoms with Crippen LogP contribution in [-0.2, 0) is 22.4 Å². The molecule has 2 amide bonds. The summed E-state index contributed by atoms with van der Waals surface area (Å²) in [6.45, 7) is 2.46. The molecule has 0 bridgehead atoms. The minimum atomic E-state index is -0.212. The molecule has 0 saturated carbocycles. The van der Waals surface area contributed by atoms with Crippen LogP contribution in [0.5, 0.6) is 5.75 Å². The highest BCUT2D eigenvalue weighted by Crippen LogP contribution is 2.31. The Morgan fingerprint density at radius 2 is 1.89 bits per heavy atom. The van der Waals surface area contributed by atoms with E-state index in [1.165, 1.54) is 11.1 Å². The Balaban J connectivity index is 1.37. The van der Waals surface area contributed by atoms with Crippen molar-refractivity contribution in [3.05, 3.63) is 29.3 Å². The van der Waals surface area contributed by atoms with Gasteiger partial charge in [-0.25, -0.2) is 0 Å². The summed E-state index contributed by atoms with van der Waals surface area (Å²) in [7, 11) is 1.70. The average molecular weight is 370 g/mol. The summed E-state index contributed by atoms with van der Waals surface area (Å²) in [5, 5.41) is 0. The van der Waals surface area contributed by atoms with Crippen molar-refractivity contribution in [1.29, 1.82) is 0 Å². The number of hydrogen-bond acceptors (Lipinski definition) is 3. The molecule has 2 aliphatic heterocycles. The second kappa shape index (κ2) is 7.91. The Hall–Kier alpha value is -2.04. The fraction of sp³-hybridized carbons (Fsp3) is 0.636. The van der Waals surface area contributed by atoms with Crippen LogP contribution in [0.25, 0.3) is 0 Å². The van der Waals surface area contributed by atoms with Gasteiger partial charge in [0.05, 0.1) is 7.11 Å². The molecular weight excluding hydrogens is 340 g/mol. The van der Waals surface area contributed by atoms with Crippen molar-refractivity contribution < 1.29 is 14.3 Å². The molecule has 0 spiro atoms. The van der Waals surface area contributed by atoms with Gasteiger partial charge in [0.2, 0.25) is 11.8 Å². The number of amides is 2. The number of likely N-dealkylation sites (tertiary alicyclic amines) is 2. The van der Waals surface area contributed by atoms with Gasteiger partial charge in [-0.15, -0.1) is 0 Å². The summed E-state index contributed by atoms with van der Waals surface area (Å²) >= 11 is 0. The maximum Gasteiger partial charge on any atom is 0.245 e. The standard InChI is InChI=1S/C22H30N2O3/c1-27-19-9-8-17-13-16(6-7-18(17)15-19)14-21(25)24-12-4-5-20(24)22(26)23-10-2-3-11-23/h8-9,15-16,20H,2-7,10-14H2,1H3/t16?,20-/m1/s1. The van der Waals surface area contributed by atoms with E-state index in [1.54, 1.807) is 7.11 Å². The molecule has 2 saturated heterocycles. The number of aryl methyl sites for hydroxylation is 1. The number of hydrogen-bond donors (Lipinski definition) is 0. The summed E-state index contributed by atoms with van der Waals surface area (Å²) in [4.78, 5) is 29.6. The lowest BCUT2D eigenvalue weighted by Crippen LogP contribution is -2.47. The number of benzene rings is 1. The second-order valence-electron chi connectivity index (χ2n) is 8.23. The molecule has 1 aliphatic carbocycles. The monoisotopic (exact) mass is 370 g/mol. The van der Waals surface area contributed by atoms with E-state index in [1.807, 2.05) is 15.9 Å². The van der Waals surface area contributed by atoms with Gasteiger partial charge in [0.25, 0.3) is 0 Å². The molecule has 1 aromatic rings. The summed E-state index contributed by atoms with van der Waals surface area (Å²) in [5.74, 6) is 1.64. The van der Waals surface area contributed by atoms with Crippen LogP contribution in [0.1, 0.15) is 49.7 Å². The number of carbonyl (C=O) groups is 2. The zero-order valence-corrected chi connectivity index (χ0v) is 16.3. The Kier molecular flexibility index (Phi) is 5.37. The lowest BCUT2D eigenvalue weighted by atomic mass is 9.82. The highest BCUT2D eigenvalue weighted by Gasteiger charge is 2.37. The first kappa shape index (κ1) is 18.3. The first-order valence-electron chi connectivity index (χ1n) is 10.4. The van der Waals surface area contributed by atoms with Crippen LogP contribution in [0.4, 0.5) is 0 Å². The third-order valence-electron chi connectivity index (χ3n) is 6.48. The smallest absolute Gasteiger partial charge is 0.245 e. The van der Waals surface area contributed by atoms with E-state index in [0.717, 1.165) is 70.3 Å². The van der Waals surface area contributed by atoms with Crippen LogP contribution in [0.15, 0.2) is 18.2 Å². The van der Waals surface area contributed by atoms with Crippen molar-refractivity contribution >= 4 is 11.8 Å². The van der Waals surface area contributed by atoms with Gasteiger partial charge < -0.3 is 14.5 Å². The lowest BCUT2D eigenvalue weighted by Gasteiger charge is -2.30. The fourth-order valence-corrected chi connectivity index (χ4v) is 4.94. The first-order valence-corrected chi connectivity index (χ1v) is 10.4. The Bertz CT molecular complexity index is 712. The van der Waals surface area contributed by atoms with Gasteiger partial charge in [0.1, 0.15) is 11.8 Å². The van der Waals surface area contributed by atoms with Crippen LogP contribution >= 0.6 is 0 Å². The minimum absolute atomic E-state index is 0.173. The molecule has 3 aliphatic rings. The third kappa shape index (κ3) is 3.83. The van der Waals surface area contributed by atoms with Crippen LogP contribution in [-0.4, -0.2) is 54.4 Å². The fourth-order valence-electron chi connectivity index (χ4n) is 4.94. The third-order valence-corrected chi connectivity index (χ3v) is 6.48. The first-order chi connectivity index (χ1) is 13.2. The lowest BCUT2D eigenvalue weighted by molar-refractivity contribution is -0.143. The molecule has 2 atom stereocenters. The Labute approximate surface area is 161 Å². The molecule has 5 heteroatoms. The van der Waals surface area contributed by atoms with Crippen molar-refractivity contribution in [2.75, 3.05) is 26.7 Å². The van der Waals surface area contributed by atoms with Crippen molar-refractivity contribution in [2.24, 2.45) is 5.92 Å². The molecule has 0 aromatic heterocycles. The quantitative estimate of drug-likeness (QED) is 0.819. The van der Waals surface area contributed by atoms with Gasteiger partial charge in [-0.05, 0) is 74.1 Å². The number of carbonyl (C=O) groups excluding carboxylic acids is 2. The average Bonchev–Trinajstić information content (AvgIpc) is 3.39. The normalized spacial score (nSPS) is 24.8. The topological polar surface area (TPSA) is 49.9 Å². The molecule has 1 aromatic carbocycles. The van der Waals surface area contributed by atoms with Gasteiger partial charge in [-0.1, -0.05) is 6.07 Å². The van der Waals surface area contributed by atoms with Crippen LogP contribution in [0.2, 0.25) is 0 Å². The van der Waals surface area contributed by atoms with E-state index in [9.17, 15) is 9.59 Å². The van der Waals surface area contributed by atoms with Gasteiger partial charge in [0, 0.05) is 26.1 Å². The molecular formula is C22H30N2O3. The molecule has 4 rings (SSSR count). The van der Waals surface area contributed by atoms with Gasteiger partial charge in [-0.3, -0.25) is 9.59 Å². The van der Waals surface area contributed by atoms with Gasteiger partial charge in [0.15, 0.2) is 0 Å². The Morgan fingerprint density at radius 3 is 2.67 bits per heavy atom. The number of ether oxygens (including phenoxy) is 1. The van der Waals surface area contributed by atoms with Crippen molar-refractivity contribution in [2.45, 2.75) is 57.4 Å².